The Morgan fingerprint density at radius 1 is 1.50 bits per heavy atom. The first-order valence-electron chi connectivity index (χ1n) is 6.09. The summed E-state index contributed by atoms with van der Waals surface area (Å²) in [5, 5.41) is 19.1. The minimum atomic E-state index is -1.66. The fraction of sp³-hybridized carbons (Fsp3) is 0.714. The van der Waals surface area contributed by atoms with Crippen molar-refractivity contribution in [1.29, 1.82) is 0 Å². The zero-order valence-corrected chi connectivity index (χ0v) is 10.8. The Hall–Kier alpha value is -0.600. The van der Waals surface area contributed by atoms with Gasteiger partial charge in [0.1, 0.15) is 0 Å². The summed E-state index contributed by atoms with van der Waals surface area (Å²) in [6.45, 7) is 8.36. The van der Waals surface area contributed by atoms with Crippen molar-refractivity contribution in [3.63, 3.8) is 0 Å². The molecule has 16 heavy (non-hydrogen) atoms. The summed E-state index contributed by atoms with van der Waals surface area (Å²) in [6.07, 6.45) is 8.33. The van der Waals surface area contributed by atoms with Crippen LogP contribution in [-0.4, -0.2) is 16.0 Å². The predicted octanol–water partition coefficient (Wildman–Crippen LogP) is 3.02. The van der Waals surface area contributed by atoms with E-state index in [2.05, 4.69) is 26.8 Å². The second kappa shape index (κ2) is 4.72. The Bertz CT molecular complexity index is 298. The normalized spacial score (nSPS) is 25.9. The summed E-state index contributed by atoms with van der Waals surface area (Å²) in [4.78, 5) is 0. The third-order valence-electron chi connectivity index (χ3n) is 3.66. The van der Waals surface area contributed by atoms with Gasteiger partial charge in [-0.25, -0.2) is 0 Å². The Labute approximate surface area is 98.7 Å². The minimum absolute atomic E-state index is 0.207. The molecule has 1 rings (SSSR count). The lowest BCUT2D eigenvalue weighted by Crippen LogP contribution is -2.28. The van der Waals surface area contributed by atoms with Gasteiger partial charge in [-0.1, -0.05) is 38.5 Å². The SMILES string of the molecule is CCC(O)(O)C=CC1C(C)=CCCC1(C)C. The minimum Gasteiger partial charge on any atom is -0.362 e. The highest BCUT2D eigenvalue weighted by Crippen LogP contribution is 2.41. The third-order valence-corrected chi connectivity index (χ3v) is 3.66. The maximum absolute atomic E-state index is 9.56. The van der Waals surface area contributed by atoms with Crippen LogP contribution in [0.2, 0.25) is 0 Å². The van der Waals surface area contributed by atoms with Gasteiger partial charge in [0.25, 0.3) is 0 Å². The van der Waals surface area contributed by atoms with Crippen LogP contribution in [0.15, 0.2) is 23.8 Å². The fourth-order valence-corrected chi connectivity index (χ4v) is 2.35. The van der Waals surface area contributed by atoms with Crippen molar-refractivity contribution in [1.82, 2.24) is 0 Å². The average Bonchev–Trinajstić information content (AvgIpc) is 2.16. The molecule has 0 aromatic heterocycles. The standard InChI is InChI=1S/C14H24O2/c1-5-14(15,16)10-8-12-11(2)7-6-9-13(12,3)4/h7-8,10,12,15-16H,5-6,9H2,1-4H3. The molecule has 0 radical (unpaired) electrons. The number of hydrogen-bond acceptors (Lipinski definition) is 2. The summed E-state index contributed by atoms with van der Waals surface area (Å²) in [7, 11) is 0. The van der Waals surface area contributed by atoms with Gasteiger partial charge in [-0.15, -0.1) is 0 Å². The Balaban J connectivity index is 2.86. The van der Waals surface area contributed by atoms with Crippen LogP contribution >= 0.6 is 0 Å². The van der Waals surface area contributed by atoms with E-state index in [9.17, 15) is 10.2 Å². The Kier molecular flexibility index (Phi) is 3.97. The molecule has 0 bridgehead atoms. The van der Waals surface area contributed by atoms with Gasteiger partial charge in [0.2, 0.25) is 0 Å². The maximum atomic E-state index is 9.56. The second-order valence-electron chi connectivity index (χ2n) is 5.54. The van der Waals surface area contributed by atoms with Crippen LogP contribution in [0.5, 0.6) is 0 Å². The molecule has 1 atom stereocenters. The zero-order valence-electron chi connectivity index (χ0n) is 10.8. The van der Waals surface area contributed by atoms with E-state index in [1.165, 1.54) is 11.6 Å². The summed E-state index contributed by atoms with van der Waals surface area (Å²) < 4.78 is 0. The molecule has 0 amide bonds. The monoisotopic (exact) mass is 224 g/mol. The molecule has 0 spiro atoms. The van der Waals surface area contributed by atoms with E-state index in [4.69, 9.17) is 0 Å². The second-order valence-corrected chi connectivity index (χ2v) is 5.54. The smallest absolute Gasteiger partial charge is 0.182 e. The lowest BCUT2D eigenvalue weighted by atomic mass is 9.68. The average molecular weight is 224 g/mol. The molecule has 0 aromatic carbocycles. The van der Waals surface area contributed by atoms with Crippen molar-refractivity contribution in [3.05, 3.63) is 23.8 Å². The highest BCUT2D eigenvalue weighted by atomic mass is 16.5. The van der Waals surface area contributed by atoms with Crippen LogP contribution in [0, 0.1) is 11.3 Å². The maximum Gasteiger partial charge on any atom is 0.182 e. The van der Waals surface area contributed by atoms with Gasteiger partial charge in [-0.05, 0) is 31.3 Å². The van der Waals surface area contributed by atoms with Gasteiger partial charge in [0.05, 0.1) is 0 Å². The van der Waals surface area contributed by atoms with Crippen LogP contribution in [0.25, 0.3) is 0 Å². The molecule has 1 unspecified atom stereocenters. The number of aliphatic hydroxyl groups is 2. The van der Waals surface area contributed by atoms with Crippen molar-refractivity contribution >= 4 is 0 Å². The summed E-state index contributed by atoms with van der Waals surface area (Å²) >= 11 is 0. The molecule has 2 nitrogen and oxygen atoms in total. The van der Waals surface area contributed by atoms with Crippen molar-refractivity contribution in [3.8, 4) is 0 Å². The van der Waals surface area contributed by atoms with Gasteiger partial charge >= 0.3 is 0 Å². The van der Waals surface area contributed by atoms with Crippen LogP contribution in [0.3, 0.4) is 0 Å². The molecule has 0 aliphatic heterocycles. The zero-order chi connectivity index (χ0) is 12.4. The number of rotatable bonds is 3. The van der Waals surface area contributed by atoms with Crippen molar-refractivity contribution < 1.29 is 10.2 Å². The number of allylic oxidation sites excluding steroid dienone is 3. The first-order chi connectivity index (χ1) is 7.28. The molecule has 1 aliphatic carbocycles. The van der Waals surface area contributed by atoms with Crippen LogP contribution < -0.4 is 0 Å². The van der Waals surface area contributed by atoms with Crippen LogP contribution in [-0.2, 0) is 0 Å². The Morgan fingerprint density at radius 2 is 2.12 bits per heavy atom. The van der Waals surface area contributed by atoms with Gasteiger partial charge in [0, 0.05) is 12.3 Å². The molecule has 0 heterocycles. The molecule has 1 aliphatic rings. The summed E-state index contributed by atoms with van der Waals surface area (Å²) in [5.41, 5.74) is 1.54. The largest absolute Gasteiger partial charge is 0.362 e. The van der Waals surface area contributed by atoms with Gasteiger partial charge in [-0.2, -0.15) is 0 Å². The molecule has 0 saturated carbocycles. The van der Waals surface area contributed by atoms with E-state index in [-0.39, 0.29) is 5.41 Å². The number of hydrogen-bond donors (Lipinski definition) is 2. The van der Waals surface area contributed by atoms with E-state index < -0.39 is 5.79 Å². The van der Waals surface area contributed by atoms with Crippen LogP contribution in [0.1, 0.15) is 47.0 Å². The molecular formula is C14H24O2. The topological polar surface area (TPSA) is 40.5 Å². The Morgan fingerprint density at radius 3 is 2.62 bits per heavy atom. The van der Waals surface area contributed by atoms with E-state index >= 15 is 0 Å². The summed E-state index contributed by atoms with van der Waals surface area (Å²) in [6, 6.07) is 0. The molecule has 92 valence electrons. The third kappa shape index (κ3) is 3.19. The van der Waals surface area contributed by atoms with Crippen molar-refractivity contribution in [2.75, 3.05) is 0 Å². The van der Waals surface area contributed by atoms with E-state index in [1.807, 2.05) is 6.08 Å². The predicted molar refractivity (Wildman–Crippen MR) is 66.9 cm³/mol. The van der Waals surface area contributed by atoms with Gasteiger partial charge in [0.15, 0.2) is 5.79 Å². The first kappa shape index (κ1) is 13.5. The molecule has 0 saturated heterocycles. The fourth-order valence-electron chi connectivity index (χ4n) is 2.35. The van der Waals surface area contributed by atoms with Crippen molar-refractivity contribution in [2.45, 2.75) is 52.7 Å². The van der Waals surface area contributed by atoms with E-state index in [0.717, 1.165) is 12.8 Å². The molecular weight excluding hydrogens is 200 g/mol. The van der Waals surface area contributed by atoms with Crippen LogP contribution in [0.4, 0.5) is 0 Å². The molecule has 0 aromatic rings. The van der Waals surface area contributed by atoms with E-state index in [0.29, 0.717) is 12.3 Å². The lowest BCUT2D eigenvalue weighted by Gasteiger charge is -2.37. The highest BCUT2D eigenvalue weighted by molar-refractivity contribution is 5.19. The van der Waals surface area contributed by atoms with Gasteiger partial charge in [-0.3, -0.25) is 0 Å². The lowest BCUT2D eigenvalue weighted by molar-refractivity contribution is -0.119. The van der Waals surface area contributed by atoms with Gasteiger partial charge < -0.3 is 10.2 Å². The van der Waals surface area contributed by atoms with Crippen molar-refractivity contribution in [2.24, 2.45) is 11.3 Å². The molecule has 0 fully saturated rings. The quantitative estimate of drug-likeness (QED) is 0.571. The van der Waals surface area contributed by atoms with E-state index in [1.54, 1.807) is 6.92 Å². The first-order valence-corrected chi connectivity index (χ1v) is 6.09. The summed E-state index contributed by atoms with van der Waals surface area (Å²) in [5.74, 6) is -1.35. The highest BCUT2D eigenvalue weighted by Gasteiger charge is 2.31. The molecule has 2 heteroatoms. The molecule has 2 N–H and O–H groups in total.